The highest BCUT2D eigenvalue weighted by molar-refractivity contribution is 5.85. The molecule has 124 valence electrons. The fourth-order valence-electron chi connectivity index (χ4n) is 3.01. The van der Waals surface area contributed by atoms with Gasteiger partial charge in [-0.3, -0.25) is 15.0 Å². The van der Waals surface area contributed by atoms with Gasteiger partial charge in [0, 0.05) is 30.8 Å². The number of ether oxygens (including phenoxy) is 1. The van der Waals surface area contributed by atoms with Crippen LogP contribution in [0.1, 0.15) is 24.8 Å². The highest BCUT2D eigenvalue weighted by Gasteiger charge is 2.21. The van der Waals surface area contributed by atoms with E-state index in [0.717, 1.165) is 38.0 Å². The van der Waals surface area contributed by atoms with Gasteiger partial charge < -0.3 is 10.5 Å². The van der Waals surface area contributed by atoms with Crippen LogP contribution in [0.25, 0.3) is 0 Å². The summed E-state index contributed by atoms with van der Waals surface area (Å²) in [5, 5.41) is 10.9. The van der Waals surface area contributed by atoms with Crippen molar-refractivity contribution in [2.24, 2.45) is 11.7 Å². The van der Waals surface area contributed by atoms with Gasteiger partial charge in [-0.2, -0.15) is 0 Å². The summed E-state index contributed by atoms with van der Waals surface area (Å²) in [6, 6.07) is 4.77. The molecule has 2 N–H and O–H groups in total. The molecule has 1 heterocycles. The zero-order valence-electron chi connectivity index (χ0n) is 12.9. The van der Waals surface area contributed by atoms with Crippen LogP contribution in [0.3, 0.4) is 0 Å². The third kappa shape index (κ3) is 4.83. The van der Waals surface area contributed by atoms with Gasteiger partial charge in [0.1, 0.15) is 5.75 Å². The van der Waals surface area contributed by atoms with Gasteiger partial charge in [0.15, 0.2) is 0 Å². The molecular weight excluding hydrogens is 306 g/mol. The smallest absolute Gasteiger partial charge is 0.270 e. The molecule has 1 unspecified atom stereocenters. The van der Waals surface area contributed by atoms with Crippen LogP contribution < -0.4 is 10.5 Å². The number of methoxy groups -OCH3 is 1. The van der Waals surface area contributed by atoms with Crippen molar-refractivity contribution in [3.05, 3.63) is 33.9 Å². The van der Waals surface area contributed by atoms with Gasteiger partial charge in [0.25, 0.3) is 5.69 Å². The van der Waals surface area contributed by atoms with Gasteiger partial charge in [-0.15, -0.1) is 12.4 Å². The Morgan fingerprint density at radius 2 is 2.27 bits per heavy atom. The third-order valence-corrected chi connectivity index (χ3v) is 4.05. The molecule has 6 nitrogen and oxygen atoms in total. The van der Waals surface area contributed by atoms with E-state index in [1.807, 2.05) is 0 Å². The minimum absolute atomic E-state index is 0. The summed E-state index contributed by atoms with van der Waals surface area (Å²) < 4.78 is 5.33. The summed E-state index contributed by atoms with van der Waals surface area (Å²) in [4.78, 5) is 12.9. The topological polar surface area (TPSA) is 81.6 Å². The summed E-state index contributed by atoms with van der Waals surface area (Å²) in [6.07, 6.45) is 3.42. The largest absolute Gasteiger partial charge is 0.496 e. The minimum Gasteiger partial charge on any atom is -0.496 e. The fourth-order valence-corrected chi connectivity index (χ4v) is 3.01. The lowest BCUT2D eigenvalue weighted by Gasteiger charge is -2.32. The Morgan fingerprint density at radius 1 is 1.50 bits per heavy atom. The average molecular weight is 330 g/mol. The monoisotopic (exact) mass is 329 g/mol. The summed E-state index contributed by atoms with van der Waals surface area (Å²) in [6.45, 7) is 3.43. The molecule has 2 rings (SSSR count). The third-order valence-electron chi connectivity index (χ3n) is 4.05. The number of nitro groups is 1. The molecule has 0 bridgehead atoms. The van der Waals surface area contributed by atoms with E-state index >= 15 is 0 Å². The van der Waals surface area contributed by atoms with E-state index in [-0.39, 0.29) is 23.0 Å². The van der Waals surface area contributed by atoms with E-state index in [9.17, 15) is 10.1 Å². The van der Waals surface area contributed by atoms with Gasteiger partial charge in [0.05, 0.1) is 12.0 Å². The molecule has 0 aliphatic carbocycles. The number of halogens is 1. The number of non-ortho nitro benzene ring substituents is 1. The standard InChI is InChI=1S/C15H23N3O3.ClH/c1-21-15-5-4-14(18(19)20)9-13(15)11-17-8-2-3-12(10-17)6-7-16;/h4-5,9,12H,2-3,6-8,10-11,16H2,1H3;1H. The summed E-state index contributed by atoms with van der Waals surface area (Å²) in [5.74, 6) is 1.34. The van der Waals surface area contributed by atoms with Crippen molar-refractivity contribution >= 4 is 18.1 Å². The Balaban J connectivity index is 0.00000242. The van der Waals surface area contributed by atoms with E-state index in [1.54, 1.807) is 19.2 Å². The van der Waals surface area contributed by atoms with Gasteiger partial charge in [0.2, 0.25) is 0 Å². The van der Waals surface area contributed by atoms with Crippen LogP contribution in [-0.2, 0) is 6.54 Å². The number of piperidine rings is 1. The van der Waals surface area contributed by atoms with Gasteiger partial charge in [-0.25, -0.2) is 0 Å². The highest BCUT2D eigenvalue weighted by Crippen LogP contribution is 2.27. The molecule has 1 saturated heterocycles. The maximum absolute atomic E-state index is 10.9. The molecule has 1 fully saturated rings. The molecule has 1 aliphatic heterocycles. The lowest BCUT2D eigenvalue weighted by Crippen LogP contribution is -2.35. The van der Waals surface area contributed by atoms with Crippen LogP contribution in [0.4, 0.5) is 5.69 Å². The molecule has 7 heteroatoms. The second-order valence-corrected chi connectivity index (χ2v) is 5.57. The van der Waals surface area contributed by atoms with Crippen molar-refractivity contribution in [2.75, 3.05) is 26.7 Å². The van der Waals surface area contributed by atoms with Crippen LogP contribution in [0.15, 0.2) is 18.2 Å². The predicted octanol–water partition coefficient (Wildman–Crippen LogP) is 2.59. The van der Waals surface area contributed by atoms with E-state index in [4.69, 9.17) is 10.5 Å². The second kappa shape index (κ2) is 8.92. The molecule has 1 aromatic rings. The lowest BCUT2D eigenvalue weighted by molar-refractivity contribution is -0.385. The van der Waals surface area contributed by atoms with Crippen LogP contribution in [-0.4, -0.2) is 36.6 Å². The van der Waals surface area contributed by atoms with Crippen LogP contribution in [0.5, 0.6) is 5.75 Å². The first-order valence-electron chi connectivity index (χ1n) is 7.37. The molecule has 1 atom stereocenters. The van der Waals surface area contributed by atoms with E-state index in [2.05, 4.69) is 4.90 Å². The number of nitrogens with two attached hydrogens (primary N) is 1. The molecule has 0 amide bonds. The first-order valence-corrected chi connectivity index (χ1v) is 7.37. The molecule has 0 aromatic heterocycles. The summed E-state index contributed by atoms with van der Waals surface area (Å²) in [7, 11) is 1.60. The lowest BCUT2D eigenvalue weighted by atomic mass is 9.94. The van der Waals surface area contributed by atoms with Gasteiger partial charge in [-0.1, -0.05) is 0 Å². The molecule has 0 radical (unpaired) electrons. The Kier molecular flexibility index (Phi) is 7.58. The van der Waals surface area contributed by atoms with E-state index < -0.39 is 0 Å². The molecule has 0 spiro atoms. The molecule has 22 heavy (non-hydrogen) atoms. The number of nitro benzene ring substituents is 1. The number of benzene rings is 1. The number of likely N-dealkylation sites (tertiary alicyclic amines) is 1. The number of nitrogens with zero attached hydrogens (tertiary/aromatic N) is 2. The van der Waals surface area contributed by atoms with Gasteiger partial charge >= 0.3 is 0 Å². The van der Waals surface area contributed by atoms with Crippen molar-refractivity contribution < 1.29 is 9.66 Å². The molecule has 0 saturated carbocycles. The number of rotatable bonds is 6. The quantitative estimate of drug-likeness (QED) is 0.640. The predicted molar refractivity (Wildman–Crippen MR) is 88.6 cm³/mol. The molecule has 1 aliphatic rings. The highest BCUT2D eigenvalue weighted by atomic mass is 35.5. The number of hydrogen-bond donors (Lipinski definition) is 1. The van der Waals surface area contributed by atoms with Crippen LogP contribution in [0, 0.1) is 16.0 Å². The van der Waals surface area contributed by atoms with Crippen molar-refractivity contribution in [1.82, 2.24) is 4.90 Å². The maximum Gasteiger partial charge on any atom is 0.270 e. The Labute approximate surface area is 137 Å². The van der Waals surface area contributed by atoms with Crippen LogP contribution in [0.2, 0.25) is 0 Å². The normalized spacial score (nSPS) is 18.5. The fraction of sp³-hybridized carbons (Fsp3) is 0.600. The van der Waals surface area contributed by atoms with Crippen molar-refractivity contribution in [1.29, 1.82) is 0 Å². The van der Waals surface area contributed by atoms with Crippen molar-refractivity contribution in [3.8, 4) is 5.75 Å². The minimum atomic E-state index is -0.365. The van der Waals surface area contributed by atoms with Gasteiger partial charge in [-0.05, 0) is 44.3 Å². The zero-order chi connectivity index (χ0) is 15.2. The second-order valence-electron chi connectivity index (χ2n) is 5.57. The Hall–Kier alpha value is -1.37. The van der Waals surface area contributed by atoms with Crippen LogP contribution >= 0.6 is 12.4 Å². The van der Waals surface area contributed by atoms with Crippen molar-refractivity contribution in [3.63, 3.8) is 0 Å². The Bertz CT molecular complexity index is 497. The number of hydrogen-bond acceptors (Lipinski definition) is 5. The average Bonchev–Trinajstić information content (AvgIpc) is 2.48. The zero-order valence-corrected chi connectivity index (χ0v) is 13.7. The van der Waals surface area contributed by atoms with E-state index in [0.29, 0.717) is 18.2 Å². The first-order chi connectivity index (χ1) is 10.1. The van der Waals surface area contributed by atoms with Crippen molar-refractivity contribution in [2.45, 2.75) is 25.8 Å². The molecular formula is C15H24ClN3O3. The Morgan fingerprint density at radius 3 is 2.91 bits per heavy atom. The summed E-state index contributed by atoms with van der Waals surface area (Å²) >= 11 is 0. The maximum atomic E-state index is 10.9. The van der Waals surface area contributed by atoms with E-state index in [1.165, 1.54) is 12.5 Å². The summed E-state index contributed by atoms with van der Waals surface area (Å²) in [5.41, 5.74) is 6.63. The SMILES string of the molecule is COc1ccc([N+](=O)[O-])cc1CN1CCCC(CCN)C1.Cl. The molecule has 1 aromatic carbocycles. The first kappa shape index (κ1) is 18.7.